The Morgan fingerprint density at radius 2 is 1.81 bits per heavy atom. The van der Waals surface area contributed by atoms with Crippen molar-refractivity contribution in [1.82, 2.24) is 0 Å². The van der Waals surface area contributed by atoms with Gasteiger partial charge in [0, 0.05) is 0 Å². The average molecular weight is 242 g/mol. The van der Waals surface area contributed by atoms with Gasteiger partial charge in [0.05, 0.1) is 5.76 Å². The Morgan fingerprint density at radius 3 is 2.25 bits per heavy atom. The first-order valence-electron chi connectivity index (χ1n) is 6.76. The summed E-state index contributed by atoms with van der Waals surface area (Å²) in [6.45, 7) is 13.4. The van der Waals surface area contributed by atoms with E-state index in [2.05, 4.69) is 46.5 Å². The molecule has 0 aliphatic carbocycles. The van der Waals surface area contributed by atoms with Crippen LogP contribution >= 0.6 is 0 Å². The van der Waals surface area contributed by atoms with Crippen LogP contribution in [0.1, 0.15) is 52.9 Å². The van der Waals surface area contributed by atoms with Crippen molar-refractivity contribution in [2.24, 2.45) is 5.92 Å². The Kier molecular flexibility index (Phi) is 7.82. The van der Waals surface area contributed by atoms with Crippen molar-refractivity contribution in [2.45, 2.75) is 72.5 Å². The molecule has 0 aliphatic rings. The minimum absolute atomic E-state index is 0.711. The van der Waals surface area contributed by atoms with Gasteiger partial charge in [-0.2, -0.15) is 0 Å². The predicted octanol–water partition coefficient (Wildman–Crippen LogP) is 5.35. The summed E-state index contributed by atoms with van der Waals surface area (Å²) in [5.74, 6) is 1.85. The van der Waals surface area contributed by atoms with Gasteiger partial charge in [-0.15, -0.1) is 0 Å². The van der Waals surface area contributed by atoms with E-state index >= 15 is 0 Å². The molecule has 0 saturated heterocycles. The third kappa shape index (κ3) is 9.02. The molecular weight excluding hydrogens is 212 g/mol. The van der Waals surface area contributed by atoms with Crippen molar-refractivity contribution >= 4 is 8.32 Å². The fourth-order valence-electron chi connectivity index (χ4n) is 1.91. The van der Waals surface area contributed by atoms with Crippen LogP contribution in [-0.4, -0.2) is 8.32 Å². The van der Waals surface area contributed by atoms with Gasteiger partial charge in [0.1, 0.15) is 0 Å². The van der Waals surface area contributed by atoms with E-state index in [1.165, 1.54) is 32.1 Å². The van der Waals surface area contributed by atoms with Crippen LogP contribution < -0.4 is 0 Å². The van der Waals surface area contributed by atoms with Gasteiger partial charge in [0.2, 0.25) is 8.32 Å². The van der Waals surface area contributed by atoms with Gasteiger partial charge in [0.25, 0.3) is 0 Å². The lowest BCUT2D eigenvalue weighted by Crippen LogP contribution is -2.24. The molecule has 1 atom stereocenters. The Balaban J connectivity index is 4.11. The van der Waals surface area contributed by atoms with Gasteiger partial charge >= 0.3 is 0 Å². The quantitative estimate of drug-likeness (QED) is 0.317. The van der Waals surface area contributed by atoms with Crippen molar-refractivity contribution in [3.05, 3.63) is 11.8 Å². The first-order valence-corrected chi connectivity index (χ1v) is 10.2. The Labute approximate surface area is 103 Å². The van der Waals surface area contributed by atoms with E-state index in [4.69, 9.17) is 4.43 Å². The number of unbranched alkanes of at least 4 members (excludes halogenated alkanes) is 2. The summed E-state index contributed by atoms with van der Waals surface area (Å²) in [6.07, 6.45) is 8.91. The second-order valence-electron chi connectivity index (χ2n) is 5.66. The standard InChI is InChI=1S/C14H30OSi/c1-7-9-10-11-14(8-2)12-13(3)15-16(4,5)6/h12,14H,7-11H2,1-6H3/b13-12-. The van der Waals surface area contributed by atoms with Crippen LogP contribution in [0.3, 0.4) is 0 Å². The molecule has 0 bridgehead atoms. The lowest BCUT2D eigenvalue weighted by Gasteiger charge is -2.21. The number of hydrogen-bond acceptors (Lipinski definition) is 1. The molecule has 0 aromatic carbocycles. The SMILES string of the molecule is CCCCCC(/C=C(/C)O[Si](C)(C)C)CC. The fourth-order valence-corrected chi connectivity index (χ4v) is 2.94. The molecule has 0 aliphatic heterocycles. The zero-order valence-electron chi connectivity index (χ0n) is 12.1. The van der Waals surface area contributed by atoms with E-state index in [-0.39, 0.29) is 0 Å². The van der Waals surface area contributed by atoms with E-state index in [9.17, 15) is 0 Å². The zero-order chi connectivity index (χ0) is 12.6. The highest BCUT2D eigenvalue weighted by atomic mass is 28.4. The predicted molar refractivity (Wildman–Crippen MR) is 76.1 cm³/mol. The molecule has 0 heterocycles. The Bertz CT molecular complexity index is 203. The normalized spacial score (nSPS) is 15.0. The van der Waals surface area contributed by atoms with Crippen molar-refractivity contribution < 1.29 is 4.43 Å². The minimum atomic E-state index is -1.41. The molecule has 0 N–H and O–H groups in total. The maximum atomic E-state index is 5.98. The first-order chi connectivity index (χ1) is 7.39. The van der Waals surface area contributed by atoms with E-state index in [0.29, 0.717) is 5.92 Å². The molecule has 96 valence electrons. The Hall–Kier alpha value is -0.243. The first kappa shape index (κ1) is 15.8. The molecule has 0 fully saturated rings. The summed E-state index contributed by atoms with van der Waals surface area (Å²) in [7, 11) is -1.41. The lowest BCUT2D eigenvalue weighted by molar-refractivity contribution is 0.408. The molecule has 0 amide bonds. The van der Waals surface area contributed by atoms with E-state index in [1.807, 2.05) is 0 Å². The number of hydrogen-bond donors (Lipinski definition) is 0. The molecule has 0 radical (unpaired) electrons. The molecular formula is C14H30OSi. The molecule has 0 aromatic rings. The van der Waals surface area contributed by atoms with Crippen molar-refractivity contribution in [3.8, 4) is 0 Å². The van der Waals surface area contributed by atoms with E-state index in [0.717, 1.165) is 5.76 Å². The van der Waals surface area contributed by atoms with Crippen molar-refractivity contribution in [2.75, 3.05) is 0 Å². The molecule has 0 saturated carbocycles. The third-order valence-corrected chi connectivity index (χ3v) is 3.57. The number of rotatable bonds is 8. The number of allylic oxidation sites excluding steroid dienone is 2. The van der Waals surface area contributed by atoms with Gasteiger partial charge in [0.15, 0.2) is 0 Å². The van der Waals surface area contributed by atoms with Crippen LogP contribution in [0.5, 0.6) is 0 Å². The lowest BCUT2D eigenvalue weighted by atomic mass is 9.98. The summed E-state index contributed by atoms with van der Waals surface area (Å²) < 4.78 is 5.98. The maximum absolute atomic E-state index is 5.98. The second kappa shape index (κ2) is 7.94. The van der Waals surface area contributed by atoms with E-state index < -0.39 is 8.32 Å². The summed E-state index contributed by atoms with van der Waals surface area (Å²) in [4.78, 5) is 0. The molecule has 0 spiro atoms. The maximum Gasteiger partial charge on any atom is 0.241 e. The minimum Gasteiger partial charge on any atom is -0.548 e. The van der Waals surface area contributed by atoms with Gasteiger partial charge in [-0.05, 0) is 51.4 Å². The summed E-state index contributed by atoms with van der Waals surface area (Å²) in [6, 6.07) is 0. The summed E-state index contributed by atoms with van der Waals surface area (Å²) >= 11 is 0. The molecule has 2 heteroatoms. The molecule has 16 heavy (non-hydrogen) atoms. The van der Waals surface area contributed by atoms with Crippen molar-refractivity contribution in [1.29, 1.82) is 0 Å². The second-order valence-corrected chi connectivity index (χ2v) is 10.1. The summed E-state index contributed by atoms with van der Waals surface area (Å²) in [5, 5.41) is 0. The van der Waals surface area contributed by atoms with Gasteiger partial charge in [-0.3, -0.25) is 0 Å². The Morgan fingerprint density at radius 1 is 1.19 bits per heavy atom. The van der Waals surface area contributed by atoms with Gasteiger partial charge in [-0.25, -0.2) is 0 Å². The van der Waals surface area contributed by atoms with Crippen LogP contribution in [0.4, 0.5) is 0 Å². The van der Waals surface area contributed by atoms with Crippen LogP contribution in [0, 0.1) is 5.92 Å². The molecule has 1 unspecified atom stereocenters. The van der Waals surface area contributed by atoms with Crippen LogP contribution in [-0.2, 0) is 4.43 Å². The topological polar surface area (TPSA) is 9.23 Å². The van der Waals surface area contributed by atoms with Crippen LogP contribution in [0.15, 0.2) is 11.8 Å². The van der Waals surface area contributed by atoms with Gasteiger partial charge in [-0.1, -0.05) is 33.1 Å². The van der Waals surface area contributed by atoms with Gasteiger partial charge < -0.3 is 4.43 Å². The molecule has 0 aromatic heterocycles. The largest absolute Gasteiger partial charge is 0.548 e. The fraction of sp³-hybridized carbons (Fsp3) is 0.857. The third-order valence-electron chi connectivity index (χ3n) is 2.64. The smallest absolute Gasteiger partial charge is 0.241 e. The highest BCUT2D eigenvalue weighted by Crippen LogP contribution is 2.19. The molecule has 0 rings (SSSR count). The van der Waals surface area contributed by atoms with Crippen LogP contribution in [0.2, 0.25) is 19.6 Å². The summed E-state index contributed by atoms with van der Waals surface area (Å²) in [5.41, 5.74) is 0. The van der Waals surface area contributed by atoms with Crippen molar-refractivity contribution in [3.63, 3.8) is 0 Å². The average Bonchev–Trinajstić information content (AvgIpc) is 2.13. The zero-order valence-corrected chi connectivity index (χ0v) is 13.1. The highest BCUT2D eigenvalue weighted by molar-refractivity contribution is 6.70. The highest BCUT2D eigenvalue weighted by Gasteiger charge is 2.16. The van der Waals surface area contributed by atoms with E-state index in [1.54, 1.807) is 0 Å². The molecule has 1 nitrogen and oxygen atoms in total. The monoisotopic (exact) mass is 242 g/mol. The van der Waals surface area contributed by atoms with Crippen LogP contribution in [0.25, 0.3) is 0 Å².